The standard InChI is InChI=1S/C16H26N4S/c1-7-13-9-18-15(21-13)11(2)17-8-12-10-20(6)19-14(12)16(3,4)5/h9-11,17H,7-8H2,1-6H3. The highest BCUT2D eigenvalue weighted by Crippen LogP contribution is 2.25. The first-order valence-corrected chi connectivity index (χ1v) is 8.34. The van der Waals surface area contributed by atoms with Gasteiger partial charge in [-0.25, -0.2) is 4.98 Å². The van der Waals surface area contributed by atoms with E-state index < -0.39 is 0 Å². The molecule has 0 radical (unpaired) electrons. The topological polar surface area (TPSA) is 42.7 Å². The zero-order valence-corrected chi connectivity index (χ0v) is 14.7. The molecular formula is C16H26N4S. The molecule has 0 aliphatic rings. The summed E-state index contributed by atoms with van der Waals surface area (Å²) >= 11 is 1.80. The summed E-state index contributed by atoms with van der Waals surface area (Å²) < 4.78 is 1.90. The molecule has 0 spiro atoms. The molecule has 0 saturated heterocycles. The van der Waals surface area contributed by atoms with E-state index in [9.17, 15) is 0 Å². The third-order valence-electron chi connectivity index (χ3n) is 3.50. The molecule has 21 heavy (non-hydrogen) atoms. The lowest BCUT2D eigenvalue weighted by atomic mass is 9.89. The fourth-order valence-corrected chi connectivity index (χ4v) is 3.22. The molecule has 5 heteroatoms. The number of rotatable bonds is 5. The predicted octanol–water partition coefficient (Wildman–Crippen LogP) is 3.59. The first-order valence-electron chi connectivity index (χ1n) is 7.52. The highest BCUT2D eigenvalue weighted by molar-refractivity contribution is 7.11. The molecule has 1 atom stereocenters. The zero-order valence-electron chi connectivity index (χ0n) is 13.9. The molecule has 1 N–H and O–H groups in total. The van der Waals surface area contributed by atoms with Crippen LogP contribution >= 0.6 is 11.3 Å². The van der Waals surface area contributed by atoms with Crippen molar-refractivity contribution >= 4 is 11.3 Å². The van der Waals surface area contributed by atoms with Crippen molar-refractivity contribution in [2.45, 2.75) is 59.0 Å². The Morgan fingerprint density at radius 2 is 2.10 bits per heavy atom. The van der Waals surface area contributed by atoms with Crippen LogP contribution in [-0.2, 0) is 25.4 Å². The van der Waals surface area contributed by atoms with Crippen LogP contribution in [0.5, 0.6) is 0 Å². The molecule has 2 aromatic heterocycles. The van der Waals surface area contributed by atoms with Crippen LogP contribution in [0.25, 0.3) is 0 Å². The van der Waals surface area contributed by atoms with Crippen LogP contribution in [0.15, 0.2) is 12.4 Å². The predicted molar refractivity (Wildman–Crippen MR) is 88.7 cm³/mol. The molecule has 2 rings (SSSR count). The lowest BCUT2D eigenvalue weighted by molar-refractivity contribution is 0.530. The Morgan fingerprint density at radius 3 is 2.67 bits per heavy atom. The van der Waals surface area contributed by atoms with E-state index in [-0.39, 0.29) is 11.5 Å². The van der Waals surface area contributed by atoms with Gasteiger partial charge in [0, 0.05) is 41.8 Å². The maximum Gasteiger partial charge on any atom is 0.109 e. The molecule has 2 heterocycles. The van der Waals surface area contributed by atoms with Gasteiger partial charge in [0.2, 0.25) is 0 Å². The van der Waals surface area contributed by atoms with Gasteiger partial charge in [0.05, 0.1) is 11.7 Å². The quantitative estimate of drug-likeness (QED) is 0.918. The molecule has 0 amide bonds. The molecule has 0 aromatic carbocycles. The van der Waals surface area contributed by atoms with E-state index in [1.165, 1.54) is 10.4 Å². The van der Waals surface area contributed by atoms with E-state index in [0.29, 0.717) is 0 Å². The SMILES string of the molecule is CCc1cnc(C(C)NCc2cn(C)nc2C(C)(C)C)s1. The molecule has 0 saturated carbocycles. The third-order valence-corrected chi connectivity index (χ3v) is 4.83. The van der Waals surface area contributed by atoms with E-state index in [2.05, 4.69) is 56.2 Å². The molecule has 1 unspecified atom stereocenters. The summed E-state index contributed by atoms with van der Waals surface area (Å²) in [4.78, 5) is 5.85. The number of hydrogen-bond donors (Lipinski definition) is 1. The van der Waals surface area contributed by atoms with Crippen molar-refractivity contribution in [2.24, 2.45) is 7.05 Å². The monoisotopic (exact) mass is 306 g/mol. The van der Waals surface area contributed by atoms with Gasteiger partial charge in [-0.3, -0.25) is 4.68 Å². The maximum atomic E-state index is 4.61. The molecule has 0 aliphatic heterocycles. The Balaban J connectivity index is 2.06. The molecule has 0 bridgehead atoms. The van der Waals surface area contributed by atoms with Crippen molar-refractivity contribution in [3.8, 4) is 0 Å². The van der Waals surface area contributed by atoms with Crippen molar-refractivity contribution in [1.29, 1.82) is 0 Å². The van der Waals surface area contributed by atoms with Crippen LogP contribution in [0.3, 0.4) is 0 Å². The van der Waals surface area contributed by atoms with Gasteiger partial charge in [-0.05, 0) is 13.3 Å². The Kier molecular flexibility index (Phi) is 4.84. The van der Waals surface area contributed by atoms with Crippen molar-refractivity contribution < 1.29 is 0 Å². The average molecular weight is 306 g/mol. The van der Waals surface area contributed by atoms with Crippen LogP contribution < -0.4 is 5.32 Å². The average Bonchev–Trinajstić information content (AvgIpc) is 3.01. The third kappa shape index (κ3) is 3.92. The maximum absolute atomic E-state index is 4.61. The summed E-state index contributed by atoms with van der Waals surface area (Å²) in [6.45, 7) is 11.8. The zero-order chi connectivity index (χ0) is 15.6. The van der Waals surface area contributed by atoms with E-state index in [0.717, 1.165) is 23.7 Å². The Labute approximate surface area is 131 Å². The summed E-state index contributed by atoms with van der Waals surface area (Å²) in [6.07, 6.45) is 5.16. The smallest absolute Gasteiger partial charge is 0.109 e. The van der Waals surface area contributed by atoms with Crippen LogP contribution in [0.4, 0.5) is 0 Å². The Bertz CT molecular complexity index is 592. The van der Waals surface area contributed by atoms with Crippen molar-refractivity contribution in [1.82, 2.24) is 20.1 Å². The summed E-state index contributed by atoms with van der Waals surface area (Å²) in [6, 6.07) is 0.267. The fraction of sp³-hybridized carbons (Fsp3) is 0.625. The molecule has 2 aromatic rings. The van der Waals surface area contributed by atoms with Crippen LogP contribution in [0, 0.1) is 0 Å². The van der Waals surface area contributed by atoms with E-state index in [4.69, 9.17) is 0 Å². The van der Waals surface area contributed by atoms with Gasteiger partial charge >= 0.3 is 0 Å². The van der Waals surface area contributed by atoms with Crippen LogP contribution in [0.1, 0.15) is 61.8 Å². The Morgan fingerprint density at radius 1 is 1.38 bits per heavy atom. The number of hydrogen-bond acceptors (Lipinski definition) is 4. The summed E-state index contributed by atoms with van der Waals surface area (Å²) in [7, 11) is 1.98. The number of aromatic nitrogens is 3. The van der Waals surface area contributed by atoms with Crippen molar-refractivity contribution in [3.05, 3.63) is 33.5 Å². The molecule has 116 valence electrons. The molecular weight excluding hydrogens is 280 g/mol. The van der Waals surface area contributed by atoms with Gasteiger partial charge in [0.25, 0.3) is 0 Å². The first-order chi connectivity index (χ1) is 9.81. The normalized spacial score (nSPS) is 13.6. The minimum atomic E-state index is 0.0675. The lowest BCUT2D eigenvalue weighted by Crippen LogP contribution is -2.21. The number of thiazole rings is 1. The minimum Gasteiger partial charge on any atom is -0.304 e. The summed E-state index contributed by atoms with van der Waals surface area (Å²) in [5.74, 6) is 0. The second-order valence-electron chi connectivity index (χ2n) is 6.55. The second-order valence-corrected chi connectivity index (χ2v) is 7.69. The van der Waals surface area contributed by atoms with Crippen molar-refractivity contribution in [3.63, 3.8) is 0 Å². The molecule has 0 aliphatic carbocycles. The van der Waals surface area contributed by atoms with Crippen LogP contribution in [-0.4, -0.2) is 14.8 Å². The van der Waals surface area contributed by atoms with Crippen molar-refractivity contribution in [2.75, 3.05) is 0 Å². The molecule has 4 nitrogen and oxygen atoms in total. The van der Waals surface area contributed by atoms with E-state index in [1.54, 1.807) is 11.3 Å². The van der Waals surface area contributed by atoms with Gasteiger partial charge in [0.1, 0.15) is 5.01 Å². The molecule has 0 fully saturated rings. The van der Waals surface area contributed by atoms with Gasteiger partial charge in [0.15, 0.2) is 0 Å². The summed E-state index contributed by atoms with van der Waals surface area (Å²) in [5, 5.41) is 9.35. The highest BCUT2D eigenvalue weighted by atomic mass is 32.1. The van der Waals surface area contributed by atoms with Gasteiger partial charge in [-0.15, -0.1) is 11.3 Å². The van der Waals surface area contributed by atoms with E-state index in [1.807, 2.05) is 17.9 Å². The Hall–Kier alpha value is -1.20. The minimum absolute atomic E-state index is 0.0675. The lowest BCUT2D eigenvalue weighted by Gasteiger charge is -2.18. The van der Waals surface area contributed by atoms with E-state index >= 15 is 0 Å². The first kappa shape index (κ1) is 16.2. The summed E-state index contributed by atoms with van der Waals surface area (Å²) in [5.41, 5.74) is 2.50. The highest BCUT2D eigenvalue weighted by Gasteiger charge is 2.22. The second kappa shape index (κ2) is 6.28. The van der Waals surface area contributed by atoms with Gasteiger partial charge in [-0.1, -0.05) is 27.7 Å². The fourth-order valence-electron chi connectivity index (χ4n) is 2.34. The van der Waals surface area contributed by atoms with Crippen LogP contribution in [0.2, 0.25) is 0 Å². The number of aryl methyl sites for hydroxylation is 2. The van der Waals surface area contributed by atoms with Gasteiger partial charge in [-0.2, -0.15) is 5.10 Å². The largest absolute Gasteiger partial charge is 0.304 e. The number of nitrogens with zero attached hydrogens (tertiary/aromatic N) is 3. The van der Waals surface area contributed by atoms with Gasteiger partial charge < -0.3 is 5.32 Å². The number of nitrogens with one attached hydrogen (secondary N) is 1.